The fourth-order valence-electron chi connectivity index (χ4n) is 2.52. The molecule has 5 heteroatoms. The van der Waals surface area contributed by atoms with Crippen LogP contribution >= 0.6 is 11.3 Å². The van der Waals surface area contributed by atoms with E-state index in [1.54, 1.807) is 0 Å². The van der Waals surface area contributed by atoms with E-state index in [2.05, 4.69) is 10.3 Å². The summed E-state index contributed by atoms with van der Waals surface area (Å²) in [5.74, 6) is 1.36. The van der Waals surface area contributed by atoms with Crippen LogP contribution < -0.4 is 10.1 Å². The lowest BCUT2D eigenvalue weighted by molar-refractivity contribution is 0.102. The normalized spacial score (nSPS) is 10.7. The summed E-state index contributed by atoms with van der Waals surface area (Å²) in [5, 5.41) is 3.44. The van der Waals surface area contributed by atoms with E-state index >= 15 is 0 Å². The first kappa shape index (κ1) is 16.3. The Balaban J connectivity index is 1.53. The number of carbonyl (C=O) groups excluding carboxylic acids is 1. The second kappa shape index (κ2) is 6.98. The zero-order chi connectivity index (χ0) is 17.9. The maximum absolute atomic E-state index is 12.3. The Morgan fingerprint density at radius 2 is 1.73 bits per heavy atom. The number of benzene rings is 3. The molecule has 26 heavy (non-hydrogen) atoms. The number of rotatable bonds is 4. The number of hydrogen-bond acceptors (Lipinski definition) is 4. The van der Waals surface area contributed by atoms with Gasteiger partial charge in [-0.1, -0.05) is 47.2 Å². The van der Waals surface area contributed by atoms with Crippen LogP contribution in [0.4, 0.5) is 5.13 Å². The van der Waals surface area contributed by atoms with E-state index in [0.717, 1.165) is 27.3 Å². The van der Waals surface area contributed by atoms with Crippen LogP contribution in [0, 0.1) is 6.92 Å². The highest BCUT2D eigenvalue weighted by Crippen LogP contribution is 2.31. The lowest BCUT2D eigenvalue weighted by atomic mass is 10.1. The molecule has 1 N–H and O–H groups in total. The third-order valence-electron chi connectivity index (χ3n) is 3.87. The van der Waals surface area contributed by atoms with Crippen molar-refractivity contribution in [3.8, 4) is 11.5 Å². The molecule has 3 aromatic carbocycles. The van der Waals surface area contributed by atoms with Gasteiger partial charge < -0.3 is 4.74 Å². The molecule has 1 amide bonds. The number of aryl methyl sites for hydroxylation is 1. The van der Waals surface area contributed by atoms with Crippen LogP contribution in [-0.4, -0.2) is 10.9 Å². The first-order chi connectivity index (χ1) is 12.7. The number of anilines is 1. The molecule has 128 valence electrons. The Hall–Kier alpha value is -3.18. The molecule has 0 saturated carbocycles. The quantitative estimate of drug-likeness (QED) is 0.512. The molecule has 0 radical (unpaired) electrons. The van der Waals surface area contributed by atoms with Crippen molar-refractivity contribution in [2.75, 3.05) is 5.32 Å². The predicted octanol–water partition coefficient (Wildman–Crippen LogP) is 5.65. The maximum Gasteiger partial charge on any atom is 0.257 e. The van der Waals surface area contributed by atoms with E-state index in [4.69, 9.17) is 4.74 Å². The van der Waals surface area contributed by atoms with Crippen molar-refractivity contribution in [2.24, 2.45) is 0 Å². The molecule has 4 rings (SSSR count). The van der Waals surface area contributed by atoms with E-state index < -0.39 is 0 Å². The highest BCUT2D eigenvalue weighted by molar-refractivity contribution is 7.22. The van der Waals surface area contributed by atoms with Crippen molar-refractivity contribution in [1.82, 2.24) is 4.98 Å². The van der Waals surface area contributed by atoms with Gasteiger partial charge in [0.05, 0.1) is 10.2 Å². The molecular formula is C21H16N2O2S. The minimum absolute atomic E-state index is 0.162. The van der Waals surface area contributed by atoms with Crippen LogP contribution in [0.5, 0.6) is 11.5 Å². The van der Waals surface area contributed by atoms with Gasteiger partial charge in [-0.15, -0.1) is 0 Å². The first-order valence-electron chi connectivity index (χ1n) is 8.19. The van der Waals surface area contributed by atoms with Gasteiger partial charge in [0.2, 0.25) is 0 Å². The number of fused-ring (bicyclic) bond motifs is 1. The summed E-state index contributed by atoms with van der Waals surface area (Å²) in [6.07, 6.45) is 0. The summed E-state index contributed by atoms with van der Waals surface area (Å²) in [6, 6.07) is 22.8. The lowest BCUT2D eigenvalue weighted by Gasteiger charge is -2.04. The Morgan fingerprint density at radius 1 is 0.962 bits per heavy atom. The first-order valence-corrected chi connectivity index (χ1v) is 9.00. The summed E-state index contributed by atoms with van der Waals surface area (Å²) < 4.78 is 6.81. The molecule has 1 heterocycles. The average Bonchev–Trinajstić information content (AvgIpc) is 3.04. The minimum Gasteiger partial charge on any atom is -0.457 e. The summed E-state index contributed by atoms with van der Waals surface area (Å²) in [7, 11) is 0. The summed E-state index contributed by atoms with van der Waals surface area (Å²) >= 11 is 1.43. The largest absolute Gasteiger partial charge is 0.457 e. The topological polar surface area (TPSA) is 51.2 Å². The van der Waals surface area contributed by atoms with Gasteiger partial charge in [-0.2, -0.15) is 0 Å². The second-order valence-corrected chi connectivity index (χ2v) is 6.91. The Labute approximate surface area is 155 Å². The number of nitrogens with zero attached hydrogens (tertiary/aromatic N) is 1. The molecular weight excluding hydrogens is 344 g/mol. The fourth-order valence-corrected chi connectivity index (χ4v) is 3.41. The lowest BCUT2D eigenvalue weighted by Crippen LogP contribution is -2.11. The molecule has 0 spiro atoms. The van der Waals surface area contributed by atoms with Gasteiger partial charge in [0.15, 0.2) is 5.13 Å². The third-order valence-corrected chi connectivity index (χ3v) is 4.81. The number of nitrogens with one attached hydrogen (secondary N) is 1. The van der Waals surface area contributed by atoms with Crippen molar-refractivity contribution in [3.63, 3.8) is 0 Å². The predicted molar refractivity (Wildman–Crippen MR) is 105 cm³/mol. The fraction of sp³-hybridized carbons (Fsp3) is 0.0476. The van der Waals surface area contributed by atoms with Gasteiger partial charge in [0.1, 0.15) is 11.5 Å². The summed E-state index contributed by atoms with van der Waals surface area (Å²) in [6.45, 7) is 1.99. The molecule has 0 saturated heterocycles. The number of ether oxygens (including phenoxy) is 1. The zero-order valence-corrected chi connectivity index (χ0v) is 14.9. The van der Waals surface area contributed by atoms with Gasteiger partial charge in [0, 0.05) is 11.6 Å². The molecule has 4 aromatic rings. The second-order valence-electron chi connectivity index (χ2n) is 5.88. The number of thiazole rings is 1. The standard InChI is InChI=1S/C21H16N2O2S/c1-14-7-9-15(10-8-14)20(24)23-21-22-18-12-11-17(13-19(18)26-21)25-16-5-3-2-4-6-16/h2-13H,1H3,(H,22,23,24). The summed E-state index contributed by atoms with van der Waals surface area (Å²) in [5.41, 5.74) is 2.56. The van der Waals surface area contributed by atoms with Crippen molar-refractivity contribution < 1.29 is 9.53 Å². The molecule has 0 fully saturated rings. The molecule has 0 aliphatic carbocycles. The van der Waals surface area contributed by atoms with E-state index in [9.17, 15) is 4.79 Å². The molecule has 1 aromatic heterocycles. The SMILES string of the molecule is Cc1ccc(C(=O)Nc2nc3ccc(Oc4ccccc4)cc3s2)cc1. The number of para-hydroxylation sites is 1. The van der Waals surface area contributed by atoms with Crippen LogP contribution in [-0.2, 0) is 0 Å². The number of amides is 1. The smallest absolute Gasteiger partial charge is 0.257 e. The number of aromatic nitrogens is 1. The molecule has 0 atom stereocenters. The van der Waals surface area contributed by atoms with Crippen LogP contribution in [0.1, 0.15) is 15.9 Å². The van der Waals surface area contributed by atoms with E-state index in [-0.39, 0.29) is 5.91 Å². The van der Waals surface area contributed by atoms with Crippen molar-refractivity contribution in [1.29, 1.82) is 0 Å². The molecule has 0 bridgehead atoms. The maximum atomic E-state index is 12.3. The number of carbonyl (C=O) groups is 1. The average molecular weight is 360 g/mol. The van der Waals surface area contributed by atoms with Gasteiger partial charge in [-0.25, -0.2) is 4.98 Å². The summed E-state index contributed by atoms with van der Waals surface area (Å²) in [4.78, 5) is 16.8. The van der Waals surface area contributed by atoms with Crippen LogP contribution in [0.25, 0.3) is 10.2 Å². The number of hydrogen-bond donors (Lipinski definition) is 1. The van der Waals surface area contributed by atoms with Crippen LogP contribution in [0.3, 0.4) is 0 Å². The van der Waals surface area contributed by atoms with Gasteiger partial charge >= 0.3 is 0 Å². The zero-order valence-electron chi connectivity index (χ0n) is 14.1. The van der Waals surface area contributed by atoms with Gasteiger partial charge in [-0.3, -0.25) is 10.1 Å². The Bertz CT molecular complexity index is 1060. The monoisotopic (exact) mass is 360 g/mol. The van der Waals surface area contributed by atoms with Gasteiger partial charge in [-0.05, 0) is 43.3 Å². The van der Waals surface area contributed by atoms with E-state index in [1.165, 1.54) is 11.3 Å². The van der Waals surface area contributed by atoms with E-state index in [0.29, 0.717) is 10.7 Å². The van der Waals surface area contributed by atoms with Crippen molar-refractivity contribution in [3.05, 3.63) is 83.9 Å². The highest BCUT2D eigenvalue weighted by atomic mass is 32.1. The van der Waals surface area contributed by atoms with E-state index in [1.807, 2.05) is 79.7 Å². The third kappa shape index (κ3) is 3.58. The molecule has 4 nitrogen and oxygen atoms in total. The highest BCUT2D eigenvalue weighted by Gasteiger charge is 2.10. The Morgan fingerprint density at radius 3 is 2.50 bits per heavy atom. The van der Waals surface area contributed by atoms with Crippen molar-refractivity contribution >= 4 is 32.6 Å². The minimum atomic E-state index is -0.162. The van der Waals surface area contributed by atoms with Crippen molar-refractivity contribution in [2.45, 2.75) is 6.92 Å². The Kier molecular flexibility index (Phi) is 4.37. The molecule has 0 unspecified atom stereocenters. The molecule has 0 aliphatic heterocycles. The van der Waals surface area contributed by atoms with Crippen LogP contribution in [0.2, 0.25) is 0 Å². The van der Waals surface area contributed by atoms with Crippen LogP contribution in [0.15, 0.2) is 72.8 Å². The molecule has 0 aliphatic rings. The van der Waals surface area contributed by atoms with Gasteiger partial charge in [0.25, 0.3) is 5.91 Å².